The van der Waals surface area contributed by atoms with Crippen LogP contribution in [-0.2, 0) is 16.4 Å². The number of nitrogen functional groups attached to an aromatic ring is 1. The topological polar surface area (TPSA) is 89.2 Å². The Morgan fingerprint density at radius 2 is 1.80 bits per heavy atom. The zero-order valence-electron chi connectivity index (χ0n) is 11.1. The van der Waals surface area contributed by atoms with Crippen molar-refractivity contribution in [2.24, 2.45) is 0 Å². The first-order chi connectivity index (χ1) is 9.50. The van der Waals surface area contributed by atoms with Crippen LogP contribution in [0.2, 0.25) is 0 Å². The summed E-state index contributed by atoms with van der Waals surface area (Å²) in [5.74, 6) is 0.00920. The summed E-state index contributed by atoms with van der Waals surface area (Å²) < 4.78 is 25.8. The number of aryl methyl sites for hydroxylation is 1. The van der Waals surface area contributed by atoms with Crippen LogP contribution in [0.3, 0.4) is 0 Å². The second-order valence-electron chi connectivity index (χ2n) is 4.32. The van der Waals surface area contributed by atoms with E-state index >= 15 is 0 Å². The molecule has 0 saturated carbocycles. The number of sulfonamides is 1. The van der Waals surface area contributed by atoms with Crippen molar-refractivity contribution >= 4 is 21.4 Å². The average Bonchev–Trinajstić information content (AvgIpc) is 2.46. The molecule has 0 radical (unpaired) electrons. The molecule has 0 spiro atoms. The Hall–Kier alpha value is -2.15. The third-order valence-corrected chi connectivity index (χ3v) is 4.73. The smallest absolute Gasteiger partial charge is 0.235 e. The minimum atomic E-state index is -3.43. The van der Waals surface area contributed by atoms with Crippen molar-refractivity contribution in [3.05, 3.63) is 48.5 Å². The Kier molecular flexibility index (Phi) is 4.19. The van der Waals surface area contributed by atoms with Gasteiger partial charge in [0.2, 0.25) is 10.0 Å². The van der Waals surface area contributed by atoms with E-state index in [1.807, 2.05) is 0 Å². The first kappa shape index (κ1) is 14.3. The van der Waals surface area contributed by atoms with E-state index in [1.54, 1.807) is 30.6 Å². The van der Waals surface area contributed by atoms with Crippen LogP contribution in [0.15, 0.2) is 43.0 Å². The van der Waals surface area contributed by atoms with Gasteiger partial charge in [-0.1, -0.05) is 0 Å². The molecule has 20 heavy (non-hydrogen) atoms. The highest BCUT2D eigenvalue weighted by Gasteiger charge is 2.20. The van der Waals surface area contributed by atoms with Crippen LogP contribution >= 0.6 is 0 Å². The van der Waals surface area contributed by atoms with E-state index in [4.69, 9.17) is 5.73 Å². The number of pyridine rings is 2. The minimum absolute atomic E-state index is 0.00920. The monoisotopic (exact) mass is 292 g/mol. The maximum atomic E-state index is 12.3. The van der Waals surface area contributed by atoms with Gasteiger partial charge in [0.15, 0.2) is 0 Å². The molecule has 2 heterocycles. The molecule has 0 aliphatic rings. The first-order valence-corrected chi connectivity index (χ1v) is 7.66. The summed E-state index contributed by atoms with van der Waals surface area (Å²) in [5, 5.41) is 0. The van der Waals surface area contributed by atoms with Gasteiger partial charge < -0.3 is 5.73 Å². The second-order valence-corrected chi connectivity index (χ2v) is 6.44. The Bertz CT molecular complexity index is 674. The highest BCUT2D eigenvalue weighted by molar-refractivity contribution is 7.92. The molecule has 2 rings (SSSR count). The zero-order valence-corrected chi connectivity index (χ0v) is 11.9. The van der Waals surface area contributed by atoms with Crippen LogP contribution in [0.1, 0.15) is 5.56 Å². The lowest BCUT2D eigenvalue weighted by atomic mass is 10.2. The molecule has 106 valence electrons. The van der Waals surface area contributed by atoms with Gasteiger partial charge in [0.05, 0.1) is 23.3 Å². The molecular weight excluding hydrogens is 276 g/mol. The molecule has 0 unspecified atom stereocenters. The summed E-state index contributed by atoms with van der Waals surface area (Å²) >= 11 is 0. The van der Waals surface area contributed by atoms with Gasteiger partial charge >= 0.3 is 0 Å². The van der Waals surface area contributed by atoms with Gasteiger partial charge in [-0.05, 0) is 30.2 Å². The molecule has 0 aliphatic heterocycles. The molecule has 6 nitrogen and oxygen atoms in total. The van der Waals surface area contributed by atoms with Crippen LogP contribution in [0.25, 0.3) is 0 Å². The van der Waals surface area contributed by atoms with Gasteiger partial charge in [-0.3, -0.25) is 14.3 Å². The van der Waals surface area contributed by atoms with E-state index in [0.717, 1.165) is 5.56 Å². The molecule has 0 fully saturated rings. The van der Waals surface area contributed by atoms with Crippen molar-refractivity contribution in [2.45, 2.75) is 6.42 Å². The number of anilines is 2. The minimum Gasteiger partial charge on any atom is -0.396 e. The molecule has 0 amide bonds. The van der Waals surface area contributed by atoms with E-state index in [-0.39, 0.29) is 5.75 Å². The lowest BCUT2D eigenvalue weighted by molar-refractivity contribution is 0.593. The second kappa shape index (κ2) is 5.87. The molecule has 0 bridgehead atoms. The van der Waals surface area contributed by atoms with Gasteiger partial charge in [-0.15, -0.1) is 0 Å². The average molecular weight is 292 g/mol. The molecule has 0 aliphatic carbocycles. The van der Waals surface area contributed by atoms with E-state index in [2.05, 4.69) is 9.97 Å². The number of nitrogens with zero attached hydrogens (tertiary/aromatic N) is 3. The van der Waals surface area contributed by atoms with Crippen LogP contribution in [0, 0.1) is 0 Å². The quantitative estimate of drug-likeness (QED) is 0.890. The van der Waals surface area contributed by atoms with E-state index < -0.39 is 10.0 Å². The van der Waals surface area contributed by atoms with Crippen molar-refractivity contribution in [1.82, 2.24) is 9.97 Å². The fraction of sp³-hybridized carbons (Fsp3) is 0.231. The van der Waals surface area contributed by atoms with Crippen molar-refractivity contribution in [3.63, 3.8) is 0 Å². The molecule has 0 saturated heterocycles. The van der Waals surface area contributed by atoms with E-state index in [9.17, 15) is 8.42 Å². The third kappa shape index (κ3) is 3.24. The summed E-state index contributed by atoms with van der Waals surface area (Å²) in [5.41, 5.74) is 7.45. The van der Waals surface area contributed by atoms with Gasteiger partial charge in [-0.25, -0.2) is 8.42 Å². The lowest BCUT2D eigenvalue weighted by Gasteiger charge is -2.20. The third-order valence-electron chi connectivity index (χ3n) is 2.98. The molecule has 0 atom stereocenters. The van der Waals surface area contributed by atoms with Crippen molar-refractivity contribution in [1.29, 1.82) is 0 Å². The predicted octanol–water partition coefficient (Wildman–Crippen LogP) is 1.07. The fourth-order valence-electron chi connectivity index (χ4n) is 1.77. The Labute approximate surface area is 118 Å². The van der Waals surface area contributed by atoms with Crippen molar-refractivity contribution < 1.29 is 8.42 Å². The SMILES string of the molecule is CN(c1ccncc1N)S(=O)(=O)CCc1ccncc1. The van der Waals surface area contributed by atoms with Crippen LogP contribution in [-0.4, -0.2) is 31.2 Å². The number of nitrogens with two attached hydrogens (primary N) is 1. The normalized spacial score (nSPS) is 11.2. The van der Waals surface area contributed by atoms with Crippen LogP contribution in [0.4, 0.5) is 11.4 Å². The maximum absolute atomic E-state index is 12.3. The van der Waals surface area contributed by atoms with Gasteiger partial charge in [0, 0.05) is 25.6 Å². The first-order valence-electron chi connectivity index (χ1n) is 6.06. The van der Waals surface area contributed by atoms with E-state index in [1.165, 1.54) is 23.7 Å². The molecule has 2 aromatic rings. The molecule has 2 aromatic heterocycles. The number of aromatic nitrogens is 2. The van der Waals surface area contributed by atoms with Gasteiger partial charge in [-0.2, -0.15) is 0 Å². The van der Waals surface area contributed by atoms with Crippen molar-refractivity contribution in [2.75, 3.05) is 22.8 Å². The molecular formula is C13H16N4O2S. The Morgan fingerprint density at radius 1 is 1.15 bits per heavy atom. The summed E-state index contributed by atoms with van der Waals surface area (Å²) in [6.45, 7) is 0. The Morgan fingerprint density at radius 3 is 2.45 bits per heavy atom. The molecule has 2 N–H and O–H groups in total. The van der Waals surface area contributed by atoms with Crippen LogP contribution < -0.4 is 10.0 Å². The Balaban J connectivity index is 2.13. The number of hydrogen-bond acceptors (Lipinski definition) is 5. The number of hydrogen-bond donors (Lipinski definition) is 1. The maximum Gasteiger partial charge on any atom is 0.235 e. The summed E-state index contributed by atoms with van der Waals surface area (Å²) in [6.07, 6.45) is 6.67. The number of rotatable bonds is 5. The van der Waals surface area contributed by atoms with Crippen molar-refractivity contribution in [3.8, 4) is 0 Å². The summed E-state index contributed by atoms with van der Waals surface area (Å²) in [4.78, 5) is 7.75. The largest absolute Gasteiger partial charge is 0.396 e. The van der Waals surface area contributed by atoms with Crippen LogP contribution in [0.5, 0.6) is 0 Å². The molecule has 7 heteroatoms. The predicted molar refractivity (Wildman–Crippen MR) is 78.8 cm³/mol. The van der Waals surface area contributed by atoms with Gasteiger partial charge in [0.1, 0.15) is 0 Å². The van der Waals surface area contributed by atoms with Gasteiger partial charge in [0.25, 0.3) is 0 Å². The standard InChI is InChI=1S/C13H16N4O2S/c1-17(13-4-8-16-10-12(13)14)20(18,19)9-5-11-2-6-15-7-3-11/h2-4,6-8,10H,5,9,14H2,1H3. The summed E-state index contributed by atoms with van der Waals surface area (Å²) in [6, 6.07) is 5.19. The highest BCUT2D eigenvalue weighted by atomic mass is 32.2. The summed E-state index contributed by atoms with van der Waals surface area (Å²) in [7, 11) is -1.94. The highest BCUT2D eigenvalue weighted by Crippen LogP contribution is 2.23. The van der Waals surface area contributed by atoms with E-state index in [0.29, 0.717) is 17.8 Å². The molecule has 0 aromatic carbocycles. The fourth-order valence-corrected chi connectivity index (χ4v) is 3.00. The lowest BCUT2D eigenvalue weighted by Crippen LogP contribution is -2.30. The zero-order chi connectivity index (χ0) is 14.6.